The van der Waals surface area contributed by atoms with Gasteiger partial charge in [0.05, 0.1) is 13.7 Å². The summed E-state index contributed by atoms with van der Waals surface area (Å²) in [5, 5.41) is 2.89. The molecule has 2 rings (SSSR count). The van der Waals surface area contributed by atoms with Gasteiger partial charge in [-0.2, -0.15) is 0 Å². The van der Waals surface area contributed by atoms with Gasteiger partial charge in [0.25, 0.3) is 5.91 Å². The number of carbonyl (C=O) groups excluding carboxylic acids is 1. The molecule has 0 saturated heterocycles. The third kappa shape index (κ3) is 4.49. The summed E-state index contributed by atoms with van der Waals surface area (Å²) in [6, 6.07) is 14.7. The predicted molar refractivity (Wildman–Crippen MR) is 92.7 cm³/mol. The maximum atomic E-state index is 12.3. The largest absolute Gasteiger partial charge is 0.496 e. The number of amides is 1. The summed E-state index contributed by atoms with van der Waals surface area (Å²) in [5.41, 5.74) is 1.47. The van der Waals surface area contributed by atoms with Gasteiger partial charge >= 0.3 is 0 Å². The fourth-order valence-electron chi connectivity index (χ4n) is 2.41. The van der Waals surface area contributed by atoms with Gasteiger partial charge in [-0.3, -0.25) is 4.79 Å². The van der Waals surface area contributed by atoms with Crippen molar-refractivity contribution in [1.82, 2.24) is 5.32 Å². The average Bonchev–Trinajstić information content (AvgIpc) is 2.63. The minimum absolute atomic E-state index is 0.157. The van der Waals surface area contributed by atoms with E-state index in [0.717, 1.165) is 17.1 Å². The van der Waals surface area contributed by atoms with Gasteiger partial charge in [0, 0.05) is 24.8 Å². The molecule has 0 aromatic heterocycles. The Labute approximate surface area is 142 Å². The van der Waals surface area contributed by atoms with Crippen LogP contribution in [0.3, 0.4) is 0 Å². The maximum absolute atomic E-state index is 12.3. The lowest BCUT2D eigenvalue weighted by Crippen LogP contribution is -2.29. The topological polar surface area (TPSA) is 56.8 Å². The van der Waals surface area contributed by atoms with E-state index in [9.17, 15) is 4.79 Å². The molecular formula is C19H23NO4. The first-order valence-corrected chi connectivity index (χ1v) is 7.86. The summed E-state index contributed by atoms with van der Waals surface area (Å²) >= 11 is 0. The Bertz CT molecular complexity index is 655. The maximum Gasteiger partial charge on any atom is 0.251 e. The molecule has 1 atom stereocenters. The molecule has 0 radical (unpaired) electrons. The van der Waals surface area contributed by atoms with Crippen molar-refractivity contribution < 1.29 is 19.0 Å². The molecule has 1 N–H and O–H groups in total. The summed E-state index contributed by atoms with van der Waals surface area (Å²) in [7, 11) is 3.23. The second-order valence-electron chi connectivity index (χ2n) is 5.13. The summed E-state index contributed by atoms with van der Waals surface area (Å²) in [6.07, 6.45) is -0.284. The summed E-state index contributed by atoms with van der Waals surface area (Å²) in [4.78, 5) is 12.3. The van der Waals surface area contributed by atoms with Crippen molar-refractivity contribution in [1.29, 1.82) is 0 Å². The predicted octanol–water partition coefficient (Wildman–Crippen LogP) is 3.21. The number of benzene rings is 2. The van der Waals surface area contributed by atoms with Crippen LogP contribution in [-0.2, 0) is 4.74 Å². The smallest absolute Gasteiger partial charge is 0.251 e. The molecule has 0 unspecified atom stereocenters. The number of hydrogen-bond donors (Lipinski definition) is 1. The van der Waals surface area contributed by atoms with E-state index in [1.165, 1.54) is 0 Å². The molecule has 0 spiro atoms. The van der Waals surface area contributed by atoms with Crippen molar-refractivity contribution in [3.63, 3.8) is 0 Å². The van der Waals surface area contributed by atoms with Crippen LogP contribution in [0.2, 0.25) is 0 Å². The number of rotatable bonds is 8. The minimum Gasteiger partial charge on any atom is -0.496 e. The quantitative estimate of drug-likeness (QED) is 0.808. The van der Waals surface area contributed by atoms with Crippen LogP contribution in [0.15, 0.2) is 48.5 Å². The normalized spacial score (nSPS) is 11.6. The summed E-state index contributed by atoms with van der Waals surface area (Å²) in [6.45, 7) is 2.87. The fourth-order valence-corrected chi connectivity index (χ4v) is 2.41. The lowest BCUT2D eigenvalue weighted by molar-refractivity contribution is 0.0819. The molecular weight excluding hydrogens is 306 g/mol. The second kappa shape index (κ2) is 8.93. The van der Waals surface area contributed by atoms with Crippen LogP contribution in [0.25, 0.3) is 0 Å². The molecule has 24 heavy (non-hydrogen) atoms. The zero-order chi connectivity index (χ0) is 17.4. The molecule has 0 aliphatic carbocycles. The van der Waals surface area contributed by atoms with Crippen molar-refractivity contribution in [3.8, 4) is 11.5 Å². The van der Waals surface area contributed by atoms with Crippen molar-refractivity contribution in [2.75, 3.05) is 27.4 Å². The Morgan fingerprint density at radius 2 is 1.79 bits per heavy atom. The average molecular weight is 329 g/mol. The van der Waals surface area contributed by atoms with E-state index in [4.69, 9.17) is 14.2 Å². The zero-order valence-corrected chi connectivity index (χ0v) is 14.2. The number of carbonyl (C=O) groups is 1. The SMILES string of the molecule is CCOc1ccc(C(=O)NC[C@@H](OC)c2ccccc2OC)cc1. The molecule has 0 heterocycles. The lowest BCUT2D eigenvalue weighted by Gasteiger charge is -2.19. The van der Waals surface area contributed by atoms with E-state index in [0.29, 0.717) is 18.7 Å². The van der Waals surface area contributed by atoms with E-state index in [1.54, 1.807) is 38.5 Å². The molecule has 2 aromatic carbocycles. The Hall–Kier alpha value is -2.53. The van der Waals surface area contributed by atoms with Gasteiger partial charge in [-0.25, -0.2) is 0 Å². The molecule has 2 aromatic rings. The number of methoxy groups -OCH3 is 2. The molecule has 5 nitrogen and oxygen atoms in total. The van der Waals surface area contributed by atoms with Gasteiger partial charge < -0.3 is 19.5 Å². The molecule has 1 amide bonds. The molecule has 128 valence electrons. The molecule has 5 heteroatoms. The van der Waals surface area contributed by atoms with E-state index >= 15 is 0 Å². The van der Waals surface area contributed by atoms with E-state index in [1.807, 2.05) is 31.2 Å². The molecule has 0 fully saturated rings. The van der Waals surface area contributed by atoms with Gasteiger partial charge in [0.1, 0.15) is 17.6 Å². The summed E-state index contributed by atoms with van der Waals surface area (Å²) < 4.78 is 16.2. The highest BCUT2D eigenvalue weighted by molar-refractivity contribution is 5.94. The molecule has 0 saturated carbocycles. The van der Waals surface area contributed by atoms with Gasteiger partial charge in [-0.1, -0.05) is 18.2 Å². The van der Waals surface area contributed by atoms with Crippen LogP contribution < -0.4 is 14.8 Å². The Morgan fingerprint density at radius 3 is 2.42 bits per heavy atom. The van der Waals surface area contributed by atoms with Crippen LogP contribution in [0.4, 0.5) is 0 Å². The first kappa shape index (κ1) is 17.8. The minimum atomic E-state index is -0.284. The highest BCUT2D eigenvalue weighted by atomic mass is 16.5. The lowest BCUT2D eigenvalue weighted by atomic mass is 10.1. The van der Waals surface area contributed by atoms with Crippen LogP contribution in [-0.4, -0.2) is 33.3 Å². The third-order valence-corrected chi connectivity index (χ3v) is 3.65. The van der Waals surface area contributed by atoms with Gasteiger partial charge in [0.15, 0.2) is 0 Å². The van der Waals surface area contributed by atoms with Gasteiger partial charge in [-0.05, 0) is 37.3 Å². The standard InChI is InChI=1S/C19H23NO4/c1-4-24-15-11-9-14(10-12-15)19(21)20-13-18(23-3)16-7-5-6-8-17(16)22-2/h5-12,18H,4,13H2,1-3H3,(H,20,21)/t18-/m1/s1. The van der Waals surface area contributed by atoms with E-state index in [-0.39, 0.29) is 12.0 Å². The first-order chi connectivity index (χ1) is 11.7. The molecule has 0 aliphatic heterocycles. The first-order valence-electron chi connectivity index (χ1n) is 7.86. The number of hydrogen-bond acceptors (Lipinski definition) is 4. The Balaban J connectivity index is 2.00. The molecule has 0 bridgehead atoms. The van der Waals surface area contributed by atoms with Crippen LogP contribution in [0.5, 0.6) is 11.5 Å². The van der Waals surface area contributed by atoms with Crippen molar-refractivity contribution >= 4 is 5.91 Å². The van der Waals surface area contributed by atoms with E-state index < -0.39 is 0 Å². The van der Waals surface area contributed by atoms with Crippen molar-refractivity contribution in [3.05, 3.63) is 59.7 Å². The van der Waals surface area contributed by atoms with Crippen molar-refractivity contribution in [2.24, 2.45) is 0 Å². The second-order valence-corrected chi connectivity index (χ2v) is 5.13. The van der Waals surface area contributed by atoms with Crippen LogP contribution >= 0.6 is 0 Å². The molecule has 0 aliphatic rings. The van der Waals surface area contributed by atoms with Crippen LogP contribution in [0, 0.1) is 0 Å². The van der Waals surface area contributed by atoms with Gasteiger partial charge in [0.2, 0.25) is 0 Å². The number of nitrogens with one attached hydrogen (secondary N) is 1. The monoisotopic (exact) mass is 329 g/mol. The third-order valence-electron chi connectivity index (χ3n) is 3.65. The van der Waals surface area contributed by atoms with Crippen molar-refractivity contribution in [2.45, 2.75) is 13.0 Å². The Kier molecular flexibility index (Phi) is 6.63. The number of para-hydroxylation sites is 1. The van der Waals surface area contributed by atoms with Crippen LogP contribution in [0.1, 0.15) is 28.9 Å². The highest BCUT2D eigenvalue weighted by Crippen LogP contribution is 2.26. The highest BCUT2D eigenvalue weighted by Gasteiger charge is 2.16. The Morgan fingerprint density at radius 1 is 1.08 bits per heavy atom. The zero-order valence-electron chi connectivity index (χ0n) is 14.2. The van der Waals surface area contributed by atoms with Gasteiger partial charge in [-0.15, -0.1) is 0 Å². The fraction of sp³-hybridized carbons (Fsp3) is 0.316. The van der Waals surface area contributed by atoms with E-state index in [2.05, 4.69) is 5.32 Å². The summed E-state index contributed by atoms with van der Waals surface area (Å²) in [5.74, 6) is 1.33. The number of ether oxygens (including phenoxy) is 3.